The fourth-order valence-corrected chi connectivity index (χ4v) is 1.59. The molecule has 1 rings (SSSR count). The minimum atomic E-state index is -4.19. The smallest absolute Gasteiger partial charge is 0.401 e. The first kappa shape index (κ1) is 15.6. The van der Waals surface area contributed by atoms with Crippen molar-refractivity contribution < 1.29 is 17.9 Å². The van der Waals surface area contributed by atoms with E-state index in [1.54, 1.807) is 38.1 Å². The van der Waals surface area contributed by atoms with Gasteiger partial charge in [0.2, 0.25) is 0 Å². The number of anilines is 1. The summed E-state index contributed by atoms with van der Waals surface area (Å²) in [5, 5.41) is 0. The number of halogens is 3. The summed E-state index contributed by atoms with van der Waals surface area (Å²) in [6, 6.07) is 6.57. The molecule has 0 spiro atoms. The second-order valence-corrected chi connectivity index (χ2v) is 4.60. The molecule has 0 atom stereocenters. The summed E-state index contributed by atoms with van der Waals surface area (Å²) in [6.07, 6.45) is -4.19. The van der Waals surface area contributed by atoms with Gasteiger partial charge in [-0.3, -0.25) is 4.90 Å². The van der Waals surface area contributed by atoms with E-state index in [2.05, 4.69) is 0 Å². The van der Waals surface area contributed by atoms with Crippen molar-refractivity contribution in [2.24, 2.45) is 0 Å². The van der Waals surface area contributed by atoms with Gasteiger partial charge in [-0.15, -0.1) is 0 Å². The number of alkyl halides is 3. The van der Waals surface area contributed by atoms with Crippen molar-refractivity contribution in [3.63, 3.8) is 0 Å². The normalized spacial score (nSPS) is 12.2. The molecule has 108 valence electrons. The van der Waals surface area contributed by atoms with E-state index in [1.165, 1.54) is 4.90 Å². The van der Waals surface area contributed by atoms with Crippen molar-refractivity contribution in [2.75, 3.05) is 25.4 Å². The van der Waals surface area contributed by atoms with E-state index in [4.69, 9.17) is 10.5 Å². The molecule has 0 saturated carbocycles. The lowest BCUT2D eigenvalue weighted by Crippen LogP contribution is -2.41. The largest absolute Gasteiger partial charge is 0.492 e. The van der Waals surface area contributed by atoms with Crippen LogP contribution in [-0.4, -0.2) is 36.8 Å². The van der Waals surface area contributed by atoms with Crippen LogP contribution in [0.15, 0.2) is 24.3 Å². The SMILES string of the molecule is CC(C)N(CCOc1ccc(N)cc1)CC(F)(F)F. The third kappa shape index (κ3) is 6.33. The molecule has 19 heavy (non-hydrogen) atoms. The van der Waals surface area contributed by atoms with Gasteiger partial charge in [-0.2, -0.15) is 13.2 Å². The molecule has 0 aliphatic heterocycles. The number of rotatable bonds is 6. The zero-order chi connectivity index (χ0) is 14.5. The molecule has 0 radical (unpaired) electrons. The molecular formula is C13H19F3N2O. The van der Waals surface area contributed by atoms with Crippen LogP contribution < -0.4 is 10.5 Å². The van der Waals surface area contributed by atoms with Gasteiger partial charge in [0.1, 0.15) is 12.4 Å². The number of nitrogens with zero attached hydrogens (tertiary/aromatic N) is 1. The lowest BCUT2D eigenvalue weighted by Gasteiger charge is -2.27. The van der Waals surface area contributed by atoms with Crippen LogP contribution in [-0.2, 0) is 0 Å². The van der Waals surface area contributed by atoms with Gasteiger partial charge in [-0.1, -0.05) is 0 Å². The Balaban J connectivity index is 2.42. The van der Waals surface area contributed by atoms with Crippen LogP contribution in [0.3, 0.4) is 0 Å². The molecule has 6 heteroatoms. The summed E-state index contributed by atoms with van der Waals surface area (Å²) in [7, 11) is 0. The molecule has 1 aromatic rings. The van der Waals surface area contributed by atoms with E-state index in [-0.39, 0.29) is 19.2 Å². The van der Waals surface area contributed by atoms with Gasteiger partial charge < -0.3 is 10.5 Å². The van der Waals surface area contributed by atoms with Gasteiger partial charge >= 0.3 is 6.18 Å². The van der Waals surface area contributed by atoms with E-state index < -0.39 is 12.7 Å². The Labute approximate surface area is 111 Å². The van der Waals surface area contributed by atoms with Crippen LogP contribution >= 0.6 is 0 Å². The van der Waals surface area contributed by atoms with Crippen LogP contribution in [0.1, 0.15) is 13.8 Å². The van der Waals surface area contributed by atoms with Crippen LogP contribution in [0.5, 0.6) is 5.75 Å². The molecule has 0 bridgehead atoms. The Bertz CT molecular complexity index is 376. The van der Waals surface area contributed by atoms with Crippen LogP contribution in [0.25, 0.3) is 0 Å². The molecule has 2 N–H and O–H groups in total. The molecule has 0 aliphatic carbocycles. The highest BCUT2D eigenvalue weighted by atomic mass is 19.4. The first-order chi connectivity index (χ1) is 8.78. The van der Waals surface area contributed by atoms with Crippen molar-refractivity contribution in [3.8, 4) is 5.75 Å². The number of hydrogen-bond acceptors (Lipinski definition) is 3. The average molecular weight is 276 g/mol. The summed E-state index contributed by atoms with van der Waals surface area (Å²) in [5.74, 6) is 0.602. The molecule has 0 heterocycles. The number of nitrogens with two attached hydrogens (primary N) is 1. The number of ether oxygens (including phenoxy) is 1. The van der Waals surface area contributed by atoms with Gasteiger partial charge in [0.05, 0.1) is 6.54 Å². The van der Waals surface area contributed by atoms with Crippen molar-refractivity contribution in [1.29, 1.82) is 0 Å². The van der Waals surface area contributed by atoms with Gasteiger partial charge in [0.15, 0.2) is 0 Å². The van der Waals surface area contributed by atoms with E-state index in [9.17, 15) is 13.2 Å². The van der Waals surface area contributed by atoms with Crippen molar-refractivity contribution in [2.45, 2.75) is 26.1 Å². The Morgan fingerprint density at radius 3 is 2.26 bits per heavy atom. The van der Waals surface area contributed by atoms with Crippen molar-refractivity contribution in [1.82, 2.24) is 4.90 Å². The summed E-state index contributed by atoms with van der Waals surface area (Å²) >= 11 is 0. The quantitative estimate of drug-likeness (QED) is 0.812. The second-order valence-electron chi connectivity index (χ2n) is 4.60. The topological polar surface area (TPSA) is 38.5 Å². The molecule has 0 aromatic heterocycles. The molecule has 0 saturated heterocycles. The van der Waals surface area contributed by atoms with Crippen molar-refractivity contribution in [3.05, 3.63) is 24.3 Å². The lowest BCUT2D eigenvalue weighted by molar-refractivity contribution is -0.150. The summed E-state index contributed by atoms with van der Waals surface area (Å²) < 4.78 is 42.5. The Morgan fingerprint density at radius 2 is 1.79 bits per heavy atom. The maximum Gasteiger partial charge on any atom is 0.401 e. The Kier molecular flexibility index (Phi) is 5.47. The summed E-state index contributed by atoms with van der Waals surface area (Å²) in [6.45, 7) is 2.97. The third-order valence-corrected chi connectivity index (χ3v) is 2.64. The third-order valence-electron chi connectivity index (χ3n) is 2.64. The summed E-state index contributed by atoms with van der Waals surface area (Å²) in [5.41, 5.74) is 6.14. The van der Waals surface area contributed by atoms with E-state index in [1.807, 2.05) is 0 Å². The second kappa shape index (κ2) is 6.65. The first-order valence-corrected chi connectivity index (χ1v) is 6.07. The lowest BCUT2D eigenvalue weighted by atomic mass is 10.3. The molecule has 0 fully saturated rings. The van der Waals surface area contributed by atoms with Gasteiger partial charge in [-0.25, -0.2) is 0 Å². The molecular weight excluding hydrogens is 257 g/mol. The fourth-order valence-electron chi connectivity index (χ4n) is 1.59. The Morgan fingerprint density at radius 1 is 1.21 bits per heavy atom. The molecule has 0 aliphatic rings. The number of nitrogen functional groups attached to an aromatic ring is 1. The van der Waals surface area contributed by atoms with Crippen molar-refractivity contribution >= 4 is 5.69 Å². The molecule has 1 aromatic carbocycles. The van der Waals surface area contributed by atoms with Gasteiger partial charge in [-0.05, 0) is 38.1 Å². The van der Waals surface area contributed by atoms with Crippen LogP contribution in [0, 0.1) is 0 Å². The highest BCUT2D eigenvalue weighted by molar-refractivity contribution is 5.41. The highest BCUT2D eigenvalue weighted by Gasteiger charge is 2.31. The minimum absolute atomic E-state index is 0.184. The zero-order valence-corrected chi connectivity index (χ0v) is 11.1. The van der Waals surface area contributed by atoms with Crippen LogP contribution in [0.2, 0.25) is 0 Å². The molecule has 0 unspecified atom stereocenters. The standard InChI is InChI=1S/C13H19F3N2O/c1-10(2)18(9-13(14,15)16)7-8-19-12-5-3-11(17)4-6-12/h3-6,10H,7-9,17H2,1-2H3. The van der Waals surface area contributed by atoms with E-state index >= 15 is 0 Å². The highest BCUT2D eigenvalue weighted by Crippen LogP contribution is 2.18. The predicted octanol–water partition coefficient (Wildman–Crippen LogP) is 2.92. The van der Waals surface area contributed by atoms with Gasteiger partial charge in [0.25, 0.3) is 0 Å². The number of benzene rings is 1. The molecule has 0 amide bonds. The number of hydrogen-bond donors (Lipinski definition) is 1. The summed E-state index contributed by atoms with van der Waals surface area (Å²) in [4.78, 5) is 1.33. The van der Waals surface area contributed by atoms with E-state index in [0.29, 0.717) is 11.4 Å². The minimum Gasteiger partial charge on any atom is -0.492 e. The zero-order valence-electron chi connectivity index (χ0n) is 11.1. The van der Waals surface area contributed by atoms with Crippen LogP contribution in [0.4, 0.5) is 18.9 Å². The van der Waals surface area contributed by atoms with E-state index in [0.717, 1.165) is 0 Å². The Hall–Kier alpha value is -1.43. The fraction of sp³-hybridized carbons (Fsp3) is 0.538. The maximum absolute atomic E-state index is 12.4. The predicted molar refractivity (Wildman–Crippen MR) is 69.1 cm³/mol. The average Bonchev–Trinajstić information content (AvgIpc) is 2.28. The monoisotopic (exact) mass is 276 g/mol. The first-order valence-electron chi connectivity index (χ1n) is 6.07. The van der Waals surface area contributed by atoms with Gasteiger partial charge in [0, 0.05) is 18.3 Å². The maximum atomic E-state index is 12.4. The molecule has 3 nitrogen and oxygen atoms in total.